The highest BCUT2D eigenvalue weighted by molar-refractivity contribution is 6.06. The van der Waals surface area contributed by atoms with Crippen molar-refractivity contribution in [3.05, 3.63) is 59.7 Å². The number of nitrogens with zero attached hydrogens (tertiary/aromatic N) is 1. The highest BCUT2D eigenvalue weighted by atomic mass is 16.5. The third kappa shape index (κ3) is 5.67. The first-order valence-electron chi connectivity index (χ1n) is 9.52. The molecule has 3 rings (SSSR count). The fraction of sp³-hybridized carbons (Fsp3) is 0.318. The Balaban J connectivity index is 1.47. The van der Waals surface area contributed by atoms with Crippen LogP contribution in [-0.2, 0) is 22.4 Å². The molecule has 0 unspecified atom stereocenters. The van der Waals surface area contributed by atoms with E-state index in [0.717, 1.165) is 24.9 Å². The quantitative estimate of drug-likeness (QED) is 0.571. The van der Waals surface area contributed by atoms with Crippen LogP contribution in [0.1, 0.15) is 37.3 Å². The number of benzene rings is 2. The number of hydrogen-bond acceptors (Lipinski definition) is 4. The Morgan fingerprint density at radius 1 is 1.00 bits per heavy atom. The van der Waals surface area contributed by atoms with E-state index in [-0.39, 0.29) is 24.8 Å². The minimum absolute atomic E-state index is 0.115. The average Bonchev–Trinajstić information content (AvgIpc) is 2.72. The number of fused-ring (bicyclic) bond motifs is 1. The molecule has 6 heteroatoms. The zero-order valence-corrected chi connectivity index (χ0v) is 16.0. The Bertz CT molecular complexity index is 863. The average molecular weight is 379 g/mol. The molecule has 2 aromatic carbocycles. The van der Waals surface area contributed by atoms with E-state index in [2.05, 4.69) is 21.9 Å². The van der Waals surface area contributed by atoms with Gasteiger partial charge in [0.05, 0.1) is 6.42 Å². The predicted octanol–water partition coefficient (Wildman–Crippen LogP) is 3.47. The van der Waals surface area contributed by atoms with Crippen molar-refractivity contribution in [2.24, 2.45) is 5.10 Å². The summed E-state index contributed by atoms with van der Waals surface area (Å²) in [4.78, 5) is 24.1. The first-order valence-corrected chi connectivity index (χ1v) is 9.52. The molecule has 28 heavy (non-hydrogen) atoms. The summed E-state index contributed by atoms with van der Waals surface area (Å²) >= 11 is 0. The van der Waals surface area contributed by atoms with Crippen molar-refractivity contribution >= 4 is 23.2 Å². The van der Waals surface area contributed by atoms with Gasteiger partial charge in [0.25, 0.3) is 5.91 Å². The standard InChI is InChI=1S/C22H25N3O3/c1-16(24-25-22(27)15-28-18-10-3-2-4-11-18)14-21(26)23-20-13-7-9-17-8-5-6-12-19(17)20/h2-4,7,9-11,13H,5-6,8,12,14-15H2,1H3,(H,23,26)(H,25,27). The molecule has 0 radical (unpaired) electrons. The van der Waals surface area contributed by atoms with Crippen molar-refractivity contribution in [3.8, 4) is 5.75 Å². The van der Waals surface area contributed by atoms with E-state index in [4.69, 9.17) is 4.74 Å². The van der Waals surface area contributed by atoms with E-state index < -0.39 is 0 Å². The van der Waals surface area contributed by atoms with Crippen LogP contribution in [0.25, 0.3) is 0 Å². The van der Waals surface area contributed by atoms with Gasteiger partial charge in [0.2, 0.25) is 5.91 Å². The van der Waals surface area contributed by atoms with Crippen LogP contribution in [-0.4, -0.2) is 24.1 Å². The molecule has 1 aliphatic carbocycles. The molecule has 2 amide bonds. The Morgan fingerprint density at radius 2 is 1.79 bits per heavy atom. The second-order valence-corrected chi connectivity index (χ2v) is 6.86. The van der Waals surface area contributed by atoms with Crippen molar-refractivity contribution in [1.82, 2.24) is 5.43 Å². The Kier molecular flexibility index (Phi) is 6.78. The van der Waals surface area contributed by atoms with Crippen LogP contribution in [0.3, 0.4) is 0 Å². The molecule has 1 aliphatic rings. The van der Waals surface area contributed by atoms with Crippen molar-refractivity contribution in [1.29, 1.82) is 0 Å². The molecule has 0 fully saturated rings. The zero-order valence-electron chi connectivity index (χ0n) is 16.0. The number of anilines is 1. The predicted molar refractivity (Wildman–Crippen MR) is 110 cm³/mol. The summed E-state index contributed by atoms with van der Waals surface area (Å²) in [6, 6.07) is 15.1. The number of hydrazone groups is 1. The fourth-order valence-electron chi connectivity index (χ4n) is 3.22. The molecule has 0 aliphatic heterocycles. The molecule has 0 bridgehead atoms. The number of ether oxygens (including phenoxy) is 1. The Labute approximate surface area is 165 Å². The number of rotatable bonds is 7. The van der Waals surface area contributed by atoms with Crippen LogP contribution in [0.2, 0.25) is 0 Å². The van der Waals surface area contributed by atoms with Gasteiger partial charge in [-0.05, 0) is 61.9 Å². The monoisotopic (exact) mass is 379 g/mol. The number of para-hydroxylation sites is 1. The smallest absolute Gasteiger partial charge is 0.277 e. The first kappa shape index (κ1) is 19.6. The molecule has 6 nitrogen and oxygen atoms in total. The number of hydrogen-bond donors (Lipinski definition) is 2. The molecule has 0 atom stereocenters. The molecule has 0 spiro atoms. The SMILES string of the molecule is CC(CC(=O)Nc1cccc2c1CCCC2)=NNC(=O)COc1ccccc1. The summed E-state index contributed by atoms with van der Waals surface area (Å²) in [5.74, 6) is 0.0969. The lowest BCUT2D eigenvalue weighted by atomic mass is 9.90. The highest BCUT2D eigenvalue weighted by Gasteiger charge is 2.14. The van der Waals surface area contributed by atoms with Gasteiger partial charge in [0, 0.05) is 11.4 Å². The second kappa shape index (κ2) is 9.69. The van der Waals surface area contributed by atoms with Crippen molar-refractivity contribution in [2.75, 3.05) is 11.9 Å². The zero-order chi connectivity index (χ0) is 19.8. The van der Waals surface area contributed by atoms with Crippen LogP contribution in [0, 0.1) is 0 Å². The molecule has 0 heterocycles. The minimum atomic E-state index is -0.374. The number of aryl methyl sites for hydroxylation is 1. The number of carbonyl (C=O) groups is 2. The molecule has 2 N–H and O–H groups in total. The van der Waals surface area contributed by atoms with Crippen molar-refractivity contribution in [3.63, 3.8) is 0 Å². The molecule has 0 saturated carbocycles. The largest absolute Gasteiger partial charge is 0.484 e. The first-order chi connectivity index (χ1) is 13.6. The van der Waals surface area contributed by atoms with Gasteiger partial charge in [-0.25, -0.2) is 5.43 Å². The van der Waals surface area contributed by atoms with Gasteiger partial charge >= 0.3 is 0 Å². The van der Waals surface area contributed by atoms with E-state index in [1.165, 1.54) is 17.5 Å². The summed E-state index contributed by atoms with van der Waals surface area (Å²) in [7, 11) is 0. The van der Waals surface area contributed by atoms with Crippen molar-refractivity contribution in [2.45, 2.75) is 39.0 Å². The maximum absolute atomic E-state index is 12.3. The van der Waals surface area contributed by atoms with E-state index in [1.807, 2.05) is 30.3 Å². The van der Waals surface area contributed by atoms with E-state index in [9.17, 15) is 9.59 Å². The lowest BCUT2D eigenvalue weighted by molar-refractivity contribution is -0.123. The summed E-state index contributed by atoms with van der Waals surface area (Å²) in [5.41, 5.74) is 6.38. The summed E-state index contributed by atoms with van der Waals surface area (Å²) < 4.78 is 5.35. The van der Waals surface area contributed by atoms with E-state index >= 15 is 0 Å². The minimum Gasteiger partial charge on any atom is -0.484 e. The van der Waals surface area contributed by atoms with Gasteiger partial charge in [0.15, 0.2) is 6.61 Å². The van der Waals surface area contributed by atoms with Crippen LogP contribution < -0.4 is 15.5 Å². The summed E-state index contributed by atoms with van der Waals surface area (Å²) in [5, 5.41) is 6.96. The highest BCUT2D eigenvalue weighted by Crippen LogP contribution is 2.27. The van der Waals surface area contributed by atoms with Gasteiger partial charge in [0.1, 0.15) is 5.75 Å². The lowest BCUT2D eigenvalue weighted by Gasteiger charge is -2.19. The van der Waals surface area contributed by atoms with Gasteiger partial charge in [-0.3, -0.25) is 9.59 Å². The molecule has 2 aromatic rings. The third-order valence-electron chi connectivity index (χ3n) is 4.57. The number of nitrogens with one attached hydrogen (secondary N) is 2. The molecular formula is C22H25N3O3. The third-order valence-corrected chi connectivity index (χ3v) is 4.57. The van der Waals surface area contributed by atoms with Crippen LogP contribution in [0.4, 0.5) is 5.69 Å². The summed E-state index contributed by atoms with van der Waals surface area (Å²) in [6.07, 6.45) is 4.53. The Hall–Kier alpha value is -3.15. The number of amides is 2. The van der Waals surface area contributed by atoms with Crippen LogP contribution in [0.5, 0.6) is 5.75 Å². The lowest BCUT2D eigenvalue weighted by Crippen LogP contribution is -2.26. The maximum Gasteiger partial charge on any atom is 0.277 e. The molecule has 146 valence electrons. The topological polar surface area (TPSA) is 79.8 Å². The molecule has 0 saturated heterocycles. The van der Waals surface area contributed by atoms with Crippen LogP contribution >= 0.6 is 0 Å². The van der Waals surface area contributed by atoms with Crippen molar-refractivity contribution < 1.29 is 14.3 Å². The van der Waals surface area contributed by atoms with Gasteiger partial charge < -0.3 is 10.1 Å². The normalized spacial score (nSPS) is 13.4. The molecule has 0 aromatic heterocycles. The van der Waals surface area contributed by atoms with Crippen LogP contribution in [0.15, 0.2) is 53.6 Å². The molecular weight excluding hydrogens is 354 g/mol. The second-order valence-electron chi connectivity index (χ2n) is 6.86. The van der Waals surface area contributed by atoms with Gasteiger partial charge in [-0.1, -0.05) is 30.3 Å². The van der Waals surface area contributed by atoms with E-state index in [1.54, 1.807) is 19.1 Å². The summed E-state index contributed by atoms with van der Waals surface area (Å²) in [6.45, 7) is 1.57. The van der Waals surface area contributed by atoms with Gasteiger partial charge in [-0.2, -0.15) is 5.10 Å². The number of carbonyl (C=O) groups excluding carboxylic acids is 2. The Morgan fingerprint density at radius 3 is 2.61 bits per heavy atom. The van der Waals surface area contributed by atoms with Gasteiger partial charge in [-0.15, -0.1) is 0 Å². The maximum atomic E-state index is 12.3. The fourth-order valence-corrected chi connectivity index (χ4v) is 3.22. The van der Waals surface area contributed by atoms with E-state index in [0.29, 0.717) is 11.5 Å².